The lowest BCUT2D eigenvalue weighted by atomic mass is 10.2. The van der Waals surface area contributed by atoms with Gasteiger partial charge in [-0.15, -0.1) is 0 Å². The summed E-state index contributed by atoms with van der Waals surface area (Å²) in [5.74, 6) is 0.870. The highest BCUT2D eigenvalue weighted by Gasteiger charge is 2.26. The maximum Gasteiger partial charge on any atom is 0.241 e. The standard InChI is InChI=1S/C21H26N4O2/c1-27-20-14-17(6-8-22-20)15-23-10-12-24(13-11-23)16-21(26)25-9-7-18-4-2-3-5-19(18)25/h2-6,8,14H,7,9-13,15-16H2,1H3. The Labute approximate surface area is 160 Å². The summed E-state index contributed by atoms with van der Waals surface area (Å²) in [5, 5.41) is 0. The SMILES string of the molecule is COc1cc(CN2CCN(CC(=O)N3CCc4ccccc43)CC2)ccn1. The molecule has 0 spiro atoms. The first-order chi connectivity index (χ1) is 13.2. The normalized spacial score (nSPS) is 17.7. The van der Waals surface area contributed by atoms with Gasteiger partial charge in [-0.3, -0.25) is 14.6 Å². The number of hydrogen-bond donors (Lipinski definition) is 0. The van der Waals surface area contributed by atoms with Gasteiger partial charge in [-0.2, -0.15) is 0 Å². The Bertz CT molecular complexity index is 802. The van der Waals surface area contributed by atoms with Crippen molar-refractivity contribution in [3.8, 4) is 5.88 Å². The molecule has 0 radical (unpaired) electrons. The van der Waals surface area contributed by atoms with E-state index in [0.717, 1.165) is 51.4 Å². The van der Waals surface area contributed by atoms with Crippen molar-refractivity contribution >= 4 is 11.6 Å². The summed E-state index contributed by atoms with van der Waals surface area (Å²) in [6.45, 7) is 5.98. The molecular formula is C21H26N4O2. The Hall–Kier alpha value is -2.44. The number of nitrogens with zero attached hydrogens (tertiary/aromatic N) is 4. The van der Waals surface area contributed by atoms with Crippen LogP contribution in [-0.2, 0) is 17.8 Å². The van der Waals surface area contributed by atoms with Crippen molar-refractivity contribution in [1.82, 2.24) is 14.8 Å². The number of carbonyl (C=O) groups excluding carboxylic acids is 1. The third kappa shape index (κ3) is 4.12. The number of ether oxygens (including phenoxy) is 1. The summed E-state index contributed by atoms with van der Waals surface area (Å²) < 4.78 is 5.20. The molecule has 1 amide bonds. The summed E-state index contributed by atoms with van der Waals surface area (Å²) in [5.41, 5.74) is 3.58. The highest BCUT2D eigenvalue weighted by molar-refractivity contribution is 5.96. The molecule has 1 aromatic carbocycles. The first-order valence-electron chi connectivity index (χ1n) is 9.55. The number of para-hydroxylation sites is 1. The maximum atomic E-state index is 12.8. The fourth-order valence-electron chi connectivity index (χ4n) is 3.90. The van der Waals surface area contributed by atoms with Gasteiger partial charge in [0.25, 0.3) is 0 Å². The van der Waals surface area contributed by atoms with Crippen molar-refractivity contribution in [3.63, 3.8) is 0 Å². The molecule has 0 atom stereocenters. The number of anilines is 1. The number of carbonyl (C=O) groups is 1. The van der Waals surface area contributed by atoms with E-state index in [2.05, 4.69) is 26.9 Å². The quantitative estimate of drug-likeness (QED) is 0.808. The molecule has 0 unspecified atom stereocenters. The second-order valence-corrected chi connectivity index (χ2v) is 7.18. The minimum absolute atomic E-state index is 0.215. The summed E-state index contributed by atoms with van der Waals surface area (Å²) in [6, 6.07) is 12.3. The zero-order chi connectivity index (χ0) is 18.6. The number of pyridine rings is 1. The number of rotatable bonds is 5. The Morgan fingerprint density at radius 2 is 1.85 bits per heavy atom. The summed E-state index contributed by atoms with van der Waals surface area (Å²) in [4.78, 5) is 23.6. The van der Waals surface area contributed by atoms with Crippen LogP contribution in [0.5, 0.6) is 5.88 Å². The fourth-order valence-corrected chi connectivity index (χ4v) is 3.90. The van der Waals surface area contributed by atoms with Gasteiger partial charge in [0.05, 0.1) is 13.7 Å². The van der Waals surface area contributed by atoms with Gasteiger partial charge in [-0.05, 0) is 29.7 Å². The molecule has 6 nitrogen and oxygen atoms in total. The van der Waals surface area contributed by atoms with Gasteiger partial charge in [0.1, 0.15) is 0 Å². The van der Waals surface area contributed by atoms with Crippen molar-refractivity contribution in [3.05, 3.63) is 53.7 Å². The lowest BCUT2D eigenvalue weighted by Gasteiger charge is -2.35. The Morgan fingerprint density at radius 3 is 2.67 bits per heavy atom. The molecule has 142 valence electrons. The van der Waals surface area contributed by atoms with E-state index in [0.29, 0.717) is 12.4 Å². The topological polar surface area (TPSA) is 48.9 Å². The van der Waals surface area contributed by atoms with E-state index in [1.54, 1.807) is 13.3 Å². The predicted octanol–water partition coefficient (Wildman–Crippen LogP) is 1.80. The molecule has 0 aliphatic carbocycles. The van der Waals surface area contributed by atoms with Crippen molar-refractivity contribution in [2.24, 2.45) is 0 Å². The van der Waals surface area contributed by atoms with Crippen molar-refractivity contribution in [1.29, 1.82) is 0 Å². The smallest absolute Gasteiger partial charge is 0.241 e. The molecule has 0 bridgehead atoms. The van der Waals surface area contributed by atoms with E-state index in [9.17, 15) is 4.79 Å². The van der Waals surface area contributed by atoms with E-state index in [4.69, 9.17) is 4.74 Å². The third-order valence-electron chi connectivity index (χ3n) is 5.43. The average Bonchev–Trinajstić information content (AvgIpc) is 3.14. The van der Waals surface area contributed by atoms with Gasteiger partial charge in [0, 0.05) is 57.2 Å². The van der Waals surface area contributed by atoms with Crippen LogP contribution in [0.1, 0.15) is 11.1 Å². The fraction of sp³-hybridized carbons (Fsp3) is 0.429. The zero-order valence-electron chi connectivity index (χ0n) is 15.8. The largest absolute Gasteiger partial charge is 0.481 e. The second-order valence-electron chi connectivity index (χ2n) is 7.18. The van der Waals surface area contributed by atoms with Crippen LogP contribution in [0.25, 0.3) is 0 Å². The number of amides is 1. The molecule has 3 heterocycles. The monoisotopic (exact) mass is 366 g/mol. The maximum absolute atomic E-state index is 12.8. The van der Waals surface area contributed by atoms with E-state index in [1.165, 1.54) is 11.1 Å². The van der Waals surface area contributed by atoms with Gasteiger partial charge in [-0.25, -0.2) is 4.98 Å². The van der Waals surface area contributed by atoms with Crippen LogP contribution >= 0.6 is 0 Å². The highest BCUT2D eigenvalue weighted by Crippen LogP contribution is 2.27. The molecule has 1 aromatic heterocycles. The lowest BCUT2D eigenvalue weighted by molar-refractivity contribution is -0.120. The van der Waals surface area contributed by atoms with E-state index in [-0.39, 0.29) is 5.91 Å². The highest BCUT2D eigenvalue weighted by atomic mass is 16.5. The van der Waals surface area contributed by atoms with E-state index in [1.807, 2.05) is 29.2 Å². The Morgan fingerprint density at radius 1 is 1.07 bits per heavy atom. The first kappa shape index (κ1) is 17.9. The van der Waals surface area contributed by atoms with Gasteiger partial charge < -0.3 is 9.64 Å². The summed E-state index contributed by atoms with van der Waals surface area (Å²) >= 11 is 0. The second kappa shape index (κ2) is 8.06. The van der Waals surface area contributed by atoms with E-state index >= 15 is 0 Å². The number of fused-ring (bicyclic) bond motifs is 1. The van der Waals surface area contributed by atoms with Gasteiger partial charge in [-0.1, -0.05) is 18.2 Å². The summed E-state index contributed by atoms with van der Waals surface area (Å²) in [7, 11) is 1.64. The number of hydrogen-bond acceptors (Lipinski definition) is 5. The molecule has 27 heavy (non-hydrogen) atoms. The van der Waals surface area contributed by atoms with Crippen LogP contribution in [0.3, 0.4) is 0 Å². The molecular weight excluding hydrogens is 340 g/mol. The van der Waals surface area contributed by atoms with Crippen LogP contribution in [-0.4, -0.2) is 67.1 Å². The van der Waals surface area contributed by atoms with Crippen LogP contribution in [0.4, 0.5) is 5.69 Å². The molecule has 6 heteroatoms. The average molecular weight is 366 g/mol. The van der Waals surface area contributed by atoms with Crippen LogP contribution in [0, 0.1) is 0 Å². The predicted molar refractivity (Wildman–Crippen MR) is 105 cm³/mol. The molecule has 0 N–H and O–H groups in total. The molecule has 4 rings (SSSR count). The number of piperazine rings is 1. The molecule has 2 aliphatic heterocycles. The zero-order valence-corrected chi connectivity index (χ0v) is 15.8. The number of benzene rings is 1. The van der Waals surface area contributed by atoms with Crippen LogP contribution < -0.4 is 9.64 Å². The molecule has 0 saturated carbocycles. The molecule has 1 fully saturated rings. The molecule has 2 aliphatic rings. The van der Waals surface area contributed by atoms with Crippen LogP contribution in [0.15, 0.2) is 42.6 Å². The Kier molecular flexibility index (Phi) is 5.36. The van der Waals surface area contributed by atoms with Gasteiger partial charge in [0.2, 0.25) is 11.8 Å². The molecule has 1 saturated heterocycles. The molecule has 2 aromatic rings. The Balaban J connectivity index is 1.28. The first-order valence-corrected chi connectivity index (χ1v) is 9.55. The third-order valence-corrected chi connectivity index (χ3v) is 5.43. The van der Waals surface area contributed by atoms with Crippen molar-refractivity contribution < 1.29 is 9.53 Å². The van der Waals surface area contributed by atoms with Gasteiger partial charge in [0.15, 0.2) is 0 Å². The van der Waals surface area contributed by atoms with E-state index < -0.39 is 0 Å². The van der Waals surface area contributed by atoms with Crippen molar-refractivity contribution in [2.45, 2.75) is 13.0 Å². The van der Waals surface area contributed by atoms with Crippen LogP contribution in [0.2, 0.25) is 0 Å². The minimum atomic E-state index is 0.215. The summed E-state index contributed by atoms with van der Waals surface area (Å²) in [6.07, 6.45) is 2.75. The van der Waals surface area contributed by atoms with Gasteiger partial charge >= 0.3 is 0 Å². The minimum Gasteiger partial charge on any atom is -0.481 e. The number of aromatic nitrogens is 1. The van der Waals surface area contributed by atoms with Crippen molar-refractivity contribution in [2.75, 3.05) is 51.3 Å². The lowest BCUT2D eigenvalue weighted by Crippen LogP contribution is -2.49. The number of methoxy groups -OCH3 is 1.